The summed E-state index contributed by atoms with van der Waals surface area (Å²) in [4.78, 5) is 23.8. The van der Waals surface area contributed by atoms with Crippen LogP contribution in [0.4, 0.5) is 9.18 Å². The Balaban J connectivity index is 2.73. The topological polar surface area (TPSA) is 66.8 Å². The van der Waals surface area contributed by atoms with Gasteiger partial charge in [0.15, 0.2) is 0 Å². The molecule has 0 aromatic carbocycles. The molecule has 1 saturated heterocycles. The summed E-state index contributed by atoms with van der Waals surface area (Å²) >= 11 is 0. The molecule has 0 spiro atoms. The number of carbonyl (C=O) groups excluding carboxylic acids is 1. The van der Waals surface area contributed by atoms with E-state index in [-0.39, 0.29) is 19.4 Å². The first-order valence-corrected chi connectivity index (χ1v) is 5.57. The number of carboxylic acids is 1. The van der Waals surface area contributed by atoms with Gasteiger partial charge in [-0.1, -0.05) is 0 Å². The number of alkyl halides is 1. The Bertz CT molecular complexity index is 313. The number of hydrogen-bond donors (Lipinski definition) is 1. The van der Waals surface area contributed by atoms with E-state index in [0.29, 0.717) is 0 Å². The van der Waals surface area contributed by atoms with Gasteiger partial charge in [0.1, 0.15) is 17.8 Å². The minimum atomic E-state index is -1.20. The second-order valence-corrected chi connectivity index (χ2v) is 5.15. The van der Waals surface area contributed by atoms with Crippen molar-refractivity contribution in [2.45, 2.75) is 51.4 Å². The largest absolute Gasteiger partial charge is 0.480 e. The van der Waals surface area contributed by atoms with Crippen LogP contribution in [0.15, 0.2) is 0 Å². The summed E-state index contributed by atoms with van der Waals surface area (Å²) in [5.41, 5.74) is -0.688. The molecule has 1 rings (SSSR count). The number of ether oxygens (including phenoxy) is 1. The normalized spacial score (nSPS) is 25.5. The number of nitrogens with zero attached hydrogens (tertiary/aromatic N) is 1. The highest BCUT2D eigenvalue weighted by Gasteiger charge is 2.38. The molecule has 2 atom stereocenters. The highest BCUT2D eigenvalue weighted by atomic mass is 19.1. The van der Waals surface area contributed by atoms with Crippen molar-refractivity contribution in [3.8, 4) is 0 Å². The predicted molar refractivity (Wildman–Crippen MR) is 58.5 cm³/mol. The standard InChI is InChI=1S/C11H18FNO4/c1-11(2,3)17-10(16)13-5-4-7(12)6-8(13)9(14)15/h7-8H,4-6H2,1-3H3,(H,14,15)/t7?,8-/m0/s1. The Morgan fingerprint density at radius 2 is 2.00 bits per heavy atom. The molecule has 1 unspecified atom stereocenters. The van der Waals surface area contributed by atoms with Crippen molar-refractivity contribution in [3.05, 3.63) is 0 Å². The molecule has 98 valence electrons. The van der Waals surface area contributed by atoms with Gasteiger partial charge in [0, 0.05) is 13.0 Å². The molecule has 0 radical (unpaired) electrons. The van der Waals surface area contributed by atoms with Gasteiger partial charge < -0.3 is 9.84 Å². The van der Waals surface area contributed by atoms with E-state index in [4.69, 9.17) is 9.84 Å². The fourth-order valence-electron chi connectivity index (χ4n) is 1.70. The Hall–Kier alpha value is -1.33. The van der Waals surface area contributed by atoms with Gasteiger partial charge in [-0.2, -0.15) is 0 Å². The highest BCUT2D eigenvalue weighted by molar-refractivity contribution is 5.80. The summed E-state index contributed by atoms with van der Waals surface area (Å²) in [5, 5.41) is 8.96. The summed E-state index contributed by atoms with van der Waals surface area (Å²) in [6, 6.07) is -1.13. The Labute approximate surface area is 99.5 Å². The maximum absolute atomic E-state index is 13.1. The zero-order valence-electron chi connectivity index (χ0n) is 10.3. The van der Waals surface area contributed by atoms with Crippen molar-refractivity contribution in [1.82, 2.24) is 4.90 Å². The van der Waals surface area contributed by atoms with E-state index in [2.05, 4.69) is 0 Å². The van der Waals surface area contributed by atoms with Crippen LogP contribution in [0.2, 0.25) is 0 Å². The van der Waals surface area contributed by atoms with Gasteiger partial charge in [0.2, 0.25) is 0 Å². The lowest BCUT2D eigenvalue weighted by molar-refractivity contribution is -0.145. The number of halogens is 1. The molecule has 1 aliphatic heterocycles. The number of amides is 1. The lowest BCUT2D eigenvalue weighted by Crippen LogP contribution is -2.52. The molecule has 5 nitrogen and oxygen atoms in total. The third-order valence-corrected chi connectivity index (χ3v) is 2.45. The highest BCUT2D eigenvalue weighted by Crippen LogP contribution is 2.22. The van der Waals surface area contributed by atoms with Crippen LogP contribution >= 0.6 is 0 Å². The van der Waals surface area contributed by atoms with Crippen LogP contribution in [0.1, 0.15) is 33.6 Å². The van der Waals surface area contributed by atoms with Crippen LogP contribution in [0, 0.1) is 0 Å². The first-order valence-electron chi connectivity index (χ1n) is 5.57. The number of likely N-dealkylation sites (tertiary alicyclic amines) is 1. The first-order chi connectivity index (χ1) is 7.70. The zero-order chi connectivity index (χ0) is 13.2. The average molecular weight is 247 g/mol. The average Bonchev–Trinajstić information content (AvgIpc) is 2.14. The molecular weight excluding hydrogens is 229 g/mol. The van der Waals surface area contributed by atoms with Crippen molar-refractivity contribution < 1.29 is 23.8 Å². The molecule has 0 aromatic heterocycles. The molecule has 0 bridgehead atoms. The van der Waals surface area contributed by atoms with E-state index in [1.165, 1.54) is 0 Å². The molecule has 0 aromatic rings. The summed E-state index contributed by atoms with van der Waals surface area (Å²) in [7, 11) is 0. The van der Waals surface area contributed by atoms with Crippen LogP contribution in [-0.4, -0.2) is 46.4 Å². The van der Waals surface area contributed by atoms with Crippen molar-refractivity contribution >= 4 is 12.1 Å². The molecule has 1 fully saturated rings. The van der Waals surface area contributed by atoms with Gasteiger partial charge in [-0.15, -0.1) is 0 Å². The van der Waals surface area contributed by atoms with E-state index in [1.807, 2.05) is 0 Å². The van der Waals surface area contributed by atoms with Crippen LogP contribution in [0.25, 0.3) is 0 Å². The Morgan fingerprint density at radius 3 is 2.47 bits per heavy atom. The Kier molecular flexibility index (Phi) is 3.95. The van der Waals surface area contributed by atoms with E-state index < -0.39 is 29.9 Å². The monoisotopic (exact) mass is 247 g/mol. The molecular formula is C11H18FNO4. The quantitative estimate of drug-likeness (QED) is 0.767. The maximum atomic E-state index is 13.1. The zero-order valence-corrected chi connectivity index (χ0v) is 10.3. The molecule has 1 heterocycles. The van der Waals surface area contributed by atoms with Crippen LogP contribution in [-0.2, 0) is 9.53 Å². The van der Waals surface area contributed by atoms with Gasteiger partial charge in [-0.25, -0.2) is 14.0 Å². The number of carbonyl (C=O) groups is 2. The van der Waals surface area contributed by atoms with Crippen LogP contribution in [0.5, 0.6) is 0 Å². The minimum Gasteiger partial charge on any atom is -0.480 e. The van der Waals surface area contributed by atoms with Crippen molar-refractivity contribution in [1.29, 1.82) is 0 Å². The molecule has 1 N–H and O–H groups in total. The fourth-order valence-corrected chi connectivity index (χ4v) is 1.70. The first kappa shape index (κ1) is 13.7. The number of carboxylic acid groups (broad SMARTS) is 1. The van der Waals surface area contributed by atoms with Crippen molar-refractivity contribution in [2.75, 3.05) is 6.54 Å². The number of hydrogen-bond acceptors (Lipinski definition) is 3. The van der Waals surface area contributed by atoms with Crippen LogP contribution < -0.4 is 0 Å². The van der Waals surface area contributed by atoms with Crippen molar-refractivity contribution in [2.24, 2.45) is 0 Å². The summed E-state index contributed by atoms with van der Waals surface area (Å²) in [5.74, 6) is -1.20. The van der Waals surface area contributed by atoms with Crippen LogP contribution in [0.3, 0.4) is 0 Å². The van der Waals surface area contributed by atoms with E-state index in [0.717, 1.165) is 4.90 Å². The molecule has 1 aliphatic rings. The van der Waals surface area contributed by atoms with E-state index in [9.17, 15) is 14.0 Å². The SMILES string of the molecule is CC(C)(C)OC(=O)N1CCC(F)C[C@H]1C(=O)O. The number of rotatable bonds is 1. The van der Waals surface area contributed by atoms with Gasteiger partial charge in [0.25, 0.3) is 0 Å². The van der Waals surface area contributed by atoms with Gasteiger partial charge >= 0.3 is 12.1 Å². The maximum Gasteiger partial charge on any atom is 0.411 e. The minimum absolute atomic E-state index is 0.0764. The summed E-state index contributed by atoms with van der Waals surface area (Å²) in [6.45, 7) is 5.17. The summed E-state index contributed by atoms with van der Waals surface area (Å²) in [6.07, 6.45) is -1.89. The molecule has 1 amide bonds. The predicted octanol–water partition coefficient (Wildman–Crippen LogP) is 1.81. The second kappa shape index (κ2) is 4.89. The molecule has 17 heavy (non-hydrogen) atoms. The van der Waals surface area contributed by atoms with E-state index >= 15 is 0 Å². The molecule has 0 aliphatic carbocycles. The summed E-state index contributed by atoms with van der Waals surface area (Å²) < 4.78 is 18.2. The van der Waals surface area contributed by atoms with E-state index in [1.54, 1.807) is 20.8 Å². The molecule has 6 heteroatoms. The van der Waals surface area contributed by atoms with Gasteiger partial charge in [-0.3, -0.25) is 4.90 Å². The fraction of sp³-hybridized carbons (Fsp3) is 0.818. The smallest absolute Gasteiger partial charge is 0.411 e. The second-order valence-electron chi connectivity index (χ2n) is 5.15. The van der Waals surface area contributed by atoms with Gasteiger partial charge in [0.05, 0.1) is 0 Å². The third-order valence-electron chi connectivity index (χ3n) is 2.45. The third kappa shape index (κ3) is 3.87. The number of piperidine rings is 1. The lowest BCUT2D eigenvalue weighted by Gasteiger charge is -2.35. The number of aliphatic carboxylic acids is 1. The molecule has 0 saturated carbocycles. The lowest BCUT2D eigenvalue weighted by atomic mass is 10.0. The van der Waals surface area contributed by atoms with Crippen molar-refractivity contribution in [3.63, 3.8) is 0 Å². The van der Waals surface area contributed by atoms with Gasteiger partial charge in [-0.05, 0) is 27.2 Å². The Morgan fingerprint density at radius 1 is 1.41 bits per heavy atom.